The predicted molar refractivity (Wildman–Crippen MR) is 93.4 cm³/mol. The van der Waals surface area contributed by atoms with Gasteiger partial charge in [0.25, 0.3) is 0 Å². The number of nitrogens with two attached hydrogens (primary N) is 1. The van der Waals surface area contributed by atoms with Crippen molar-refractivity contribution in [2.24, 2.45) is 5.73 Å². The standard InChI is InChI=1S/C19H22N4/c1-19(2,3)15-9-11-16(12-10-15)23-18(17(13-20)21-22-23)14-7-5-4-6-8-14/h4-12H,13,20H2,1-3H3. The molecule has 0 fully saturated rings. The monoisotopic (exact) mass is 306 g/mol. The van der Waals surface area contributed by atoms with Crippen LogP contribution in [0.3, 0.4) is 0 Å². The van der Waals surface area contributed by atoms with Gasteiger partial charge < -0.3 is 5.73 Å². The average Bonchev–Trinajstić information content (AvgIpc) is 2.99. The predicted octanol–water partition coefficient (Wildman–Crippen LogP) is 3.69. The van der Waals surface area contributed by atoms with Gasteiger partial charge in [-0.2, -0.15) is 0 Å². The normalized spacial score (nSPS) is 11.7. The second-order valence-electron chi connectivity index (χ2n) is 6.66. The molecule has 1 aromatic heterocycles. The third kappa shape index (κ3) is 3.03. The van der Waals surface area contributed by atoms with E-state index in [1.807, 2.05) is 22.9 Å². The molecule has 2 aromatic carbocycles. The van der Waals surface area contributed by atoms with E-state index < -0.39 is 0 Å². The molecule has 0 spiro atoms. The van der Waals surface area contributed by atoms with Gasteiger partial charge in [0, 0.05) is 12.1 Å². The first-order chi connectivity index (χ1) is 11.0. The highest BCUT2D eigenvalue weighted by Gasteiger charge is 2.17. The summed E-state index contributed by atoms with van der Waals surface area (Å²) >= 11 is 0. The fourth-order valence-electron chi connectivity index (χ4n) is 2.62. The molecule has 0 atom stereocenters. The van der Waals surface area contributed by atoms with E-state index in [0.29, 0.717) is 6.54 Å². The van der Waals surface area contributed by atoms with Gasteiger partial charge in [0.1, 0.15) is 5.69 Å². The Labute approximate surface area is 137 Å². The number of benzene rings is 2. The molecular formula is C19H22N4. The van der Waals surface area contributed by atoms with Crippen LogP contribution in [0.5, 0.6) is 0 Å². The summed E-state index contributed by atoms with van der Waals surface area (Å²) in [4.78, 5) is 0. The Morgan fingerprint density at radius 2 is 1.61 bits per heavy atom. The molecule has 23 heavy (non-hydrogen) atoms. The summed E-state index contributed by atoms with van der Waals surface area (Å²) < 4.78 is 1.87. The van der Waals surface area contributed by atoms with Crippen LogP contribution in [-0.4, -0.2) is 15.0 Å². The van der Waals surface area contributed by atoms with E-state index in [-0.39, 0.29) is 5.41 Å². The summed E-state index contributed by atoms with van der Waals surface area (Å²) in [6.45, 7) is 6.99. The molecule has 0 aliphatic heterocycles. The fourth-order valence-corrected chi connectivity index (χ4v) is 2.62. The van der Waals surface area contributed by atoms with Crippen LogP contribution in [0.25, 0.3) is 16.9 Å². The van der Waals surface area contributed by atoms with E-state index in [2.05, 4.69) is 67.5 Å². The number of aromatic nitrogens is 3. The van der Waals surface area contributed by atoms with Crippen molar-refractivity contribution in [2.75, 3.05) is 0 Å². The fraction of sp³-hybridized carbons (Fsp3) is 0.263. The van der Waals surface area contributed by atoms with Gasteiger partial charge >= 0.3 is 0 Å². The molecule has 3 aromatic rings. The van der Waals surface area contributed by atoms with Gasteiger partial charge in [-0.15, -0.1) is 5.10 Å². The Hall–Kier alpha value is -2.46. The first-order valence-corrected chi connectivity index (χ1v) is 7.81. The highest BCUT2D eigenvalue weighted by atomic mass is 15.4. The van der Waals surface area contributed by atoms with Gasteiger partial charge in [0.15, 0.2) is 0 Å². The lowest BCUT2D eigenvalue weighted by molar-refractivity contribution is 0.590. The van der Waals surface area contributed by atoms with Gasteiger partial charge in [-0.05, 0) is 23.1 Å². The van der Waals surface area contributed by atoms with E-state index >= 15 is 0 Å². The molecular weight excluding hydrogens is 284 g/mol. The van der Waals surface area contributed by atoms with E-state index in [9.17, 15) is 0 Å². The van der Waals surface area contributed by atoms with Crippen LogP contribution in [0.1, 0.15) is 32.0 Å². The lowest BCUT2D eigenvalue weighted by atomic mass is 9.87. The van der Waals surface area contributed by atoms with E-state index in [1.165, 1.54) is 5.56 Å². The van der Waals surface area contributed by atoms with Crippen molar-refractivity contribution in [3.63, 3.8) is 0 Å². The van der Waals surface area contributed by atoms with Gasteiger partial charge in [0.05, 0.1) is 11.4 Å². The summed E-state index contributed by atoms with van der Waals surface area (Å²) in [5.74, 6) is 0. The molecule has 2 N–H and O–H groups in total. The van der Waals surface area contributed by atoms with Gasteiger partial charge in [0.2, 0.25) is 0 Å². The molecule has 4 nitrogen and oxygen atoms in total. The number of hydrogen-bond donors (Lipinski definition) is 1. The first kappa shape index (κ1) is 15.4. The smallest absolute Gasteiger partial charge is 0.105 e. The number of rotatable bonds is 3. The molecule has 0 amide bonds. The molecule has 0 saturated heterocycles. The molecule has 3 rings (SSSR count). The van der Waals surface area contributed by atoms with Crippen molar-refractivity contribution < 1.29 is 0 Å². The molecule has 0 unspecified atom stereocenters. The second kappa shape index (κ2) is 5.97. The van der Waals surface area contributed by atoms with Crippen molar-refractivity contribution >= 4 is 0 Å². The first-order valence-electron chi connectivity index (χ1n) is 7.81. The third-order valence-electron chi connectivity index (χ3n) is 3.96. The summed E-state index contributed by atoms with van der Waals surface area (Å²) in [6, 6.07) is 18.6. The Balaban J connectivity index is 2.09. The van der Waals surface area contributed by atoms with E-state index in [1.54, 1.807) is 0 Å². The quantitative estimate of drug-likeness (QED) is 0.803. The highest BCUT2D eigenvalue weighted by Crippen LogP contribution is 2.27. The molecule has 4 heteroatoms. The van der Waals surface area contributed by atoms with Crippen LogP contribution in [0, 0.1) is 0 Å². The zero-order valence-corrected chi connectivity index (χ0v) is 13.8. The number of nitrogens with zero attached hydrogens (tertiary/aromatic N) is 3. The lowest BCUT2D eigenvalue weighted by Gasteiger charge is -2.19. The topological polar surface area (TPSA) is 56.7 Å². The highest BCUT2D eigenvalue weighted by molar-refractivity contribution is 5.64. The average molecular weight is 306 g/mol. The Morgan fingerprint density at radius 3 is 2.17 bits per heavy atom. The van der Waals surface area contributed by atoms with Crippen LogP contribution in [0.2, 0.25) is 0 Å². The Kier molecular flexibility index (Phi) is 4.01. The molecule has 0 aliphatic rings. The maximum Gasteiger partial charge on any atom is 0.105 e. The summed E-state index contributed by atoms with van der Waals surface area (Å²) in [5, 5.41) is 8.56. The molecule has 0 radical (unpaired) electrons. The van der Waals surface area contributed by atoms with Crippen molar-refractivity contribution in [2.45, 2.75) is 32.7 Å². The molecule has 0 bridgehead atoms. The van der Waals surface area contributed by atoms with E-state index in [0.717, 1.165) is 22.6 Å². The van der Waals surface area contributed by atoms with Gasteiger partial charge in [-0.1, -0.05) is 68.4 Å². The SMILES string of the molecule is CC(C)(C)c1ccc(-n2nnc(CN)c2-c2ccccc2)cc1. The largest absolute Gasteiger partial charge is 0.325 e. The minimum Gasteiger partial charge on any atom is -0.325 e. The maximum atomic E-state index is 5.84. The zero-order valence-electron chi connectivity index (χ0n) is 13.8. The molecule has 1 heterocycles. The van der Waals surface area contributed by atoms with E-state index in [4.69, 9.17) is 5.73 Å². The summed E-state index contributed by atoms with van der Waals surface area (Å²) in [7, 11) is 0. The van der Waals surface area contributed by atoms with Gasteiger partial charge in [-0.25, -0.2) is 4.68 Å². The molecule has 0 aliphatic carbocycles. The Bertz CT molecular complexity index is 780. The molecule has 118 valence electrons. The van der Waals surface area contributed by atoms with Crippen molar-refractivity contribution in [3.8, 4) is 16.9 Å². The summed E-state index contributed by atoms with van der Waals surface area (Å²) in [6.07, 6.45) is 0. The Morgan fingerprint density at radius 1 is 0.957 bits per heavy atom. The third-order valence-corrected chi connectivity index (χ3v) is 3.96. The van der Waals surface area contributed by atoms with Crippen LogP contribution < -0.4 is 5.73 Å². The van der Waals surface area contributed by atoms with Crippen LogP contribution in [0.4, 0.5) is 0 Å². The van der Waals surface area contributed by atoms with Crippen LogP contribution in [-0.2, 0) is 12.0 Å². The van der Waals surface area contributed by atoms with Gasteiger partial charge in [-0.3, -0.25) is 0 Å². The summed E-state index contributed by atoms with van der Waals surface area (Å²) in [5.41, 5.74) is 11.1. The minimum absolute atomic E-state index is 0.131. The van der Waals surface area contributed by atoms with Crippen LogP contribution in [0.15, 0.2) is 54.6 Å². The van der Waals surface area contributed by atoms with Crippen LogP contribution >= 0.6 is 0 Å². The maximum absolute atomic E-state index is 5.84. The van der Waals surface area contributed by atoms with Crippen molar-refractivity contribution in [1.82, 2.24) is 15.0 Å². The lowest BCUT2D eigenvalue weighted by Crippen LogP contribution is -2.11. The van der Waals surface area contributed by atoms with Crippen molar-refractivity contribution in [1.29, 1.82) is 0 Å². The second-order valence-corrected chi connectivity index (χ2v) is 6.66. The van der Waals surface area contributed by atoms with Crippen molar-refractivity contribution in [3.05, 3.63) is 65.9 Å². The molecule has 0 saturated carbocycles. The zero-order chi connectivity index (χ0) is 16.4. The number of hydrogen-bond acceptors (Lipinski definition) is 3. The minimum atomic E-state index is 0.131.